The zero-order valence-electron chi connectivity index (χ0n) is 6.08. The molecule has 1 fully saturated rings. The standard InChI is InChI=1S/C8H13Cl2/c1-2-7-5-3-4-6-8(7,9)10/h7H,1-6H2. The molecule has 0 nitrogen and oxygen atoms in total. The Morgan fingerprint density at radius 3 is 2.50 bits per heavy atom. The van der Waals surface area contributed by atoms with Crippen LogP contribution in [0.25, 0.3) is 0 Å². The molecule has 0 amide bonds. The Morgan fingerprint density at radius 1 is 1.40 bits per heavy atom. The summed E-state index contributed by atoms with van der Waals surface area (Å²) in [6.07, 6.45) is 5.39. The summed E-state index contributed by atoms with van der Waals surface area (Å²) >= 11 is 12.1. The maximum Gasteiger partial charge on any atom is 0.121 e. The highest BCUT2D eigenvalue weighted by atomic mass is 35.5. The van der Waals surface area contributed by atoms with Crippen LogP contribution in [0.4, 0.5) is 0 Å². The average Bonchev–Trinajstić information content (AvgIpc) is 1.87. The zero-order valence-corrected chi connectivity index (χ0v) is 7.59. The van der Waals surface area contributed by atoms with Crippen LogP contribution in [0.15, 0.2) is 0 Å². The van der Waals surface area contributed by atoms with Crippen molar-refractivity contribution in [3.05, 3.63) is 6.92 Å². The fraction of sp³-hybridized carbons (Fsp3) is 0.875. The lowest BCUT2D eigenvalue weighted by Gasteiger charge is -2.33. The number of hydrogen-bond acceptors (Lipinski definition) is 0. The summed E-state index contributed by atoms with van der Waals surface area (Å²) < 4.78 is -0.472. The topological polar surface area (TPSA) is 0 Å². The summed E-state index contributed by atoms with van der Waals surface area (Å²) in [5.41, 5.74) is 0. The largest absolute Gasteiger partial charge is 0.121 e. The van der Waals surface area contributed by atoms with E-state index in [0.717, 1.165) is 19.3 Å². The van der Waals surface area contributed by atoms with Crippen LogP contribution in [-0.2, 0) is 0 Å². The molecule has 1 rings (SSSR count). The lowest BCUT2D eigenvalue weighted by Crippen LogP contribution is -2.28. The first-order valence-corrected chi connectivity index (χ1v) is 4.59. The van der Waals surface area contributed by atoms with E-state index in [2.05, 4.69) is 6.92 Å². The maximum atomic E-state index is 6.06. The van der Waals surface area contributed by atoms with Crippen molar-refractivity contribution >= 4 is 23.2 Å². The van der Waals surface area contributed by atoms with Gasteiger partial charge in [0.25, 0.3) is 0 Å². The molecule has 1 atom stereocenters. The van der Waals surface area contributed by atoms with E-state index in [4.69, 9.17) is 23.2 Å². The van der Waals surface area contributed by atoms with Crippen molar-refractivity contribution in [2.24, 2.45) is 5.92 Å². The Labute approximate surface area is 72.9 Å². The molecule has 1 saturated carbocycles. The Bertz CT molecular complexity index is 110. The molecule has 59 valence electrons. The van der Waals surface area contributed by atoms with Gasteiger partial charge in [0, 0.05) is 0 Å². The molecule has 1 aliphatic carbocycles. The summed E-state index contributed by atoms with van der Waals surface area (Å²) in [6.45, 7) is 3.84. The highest BCUT2D eigenvalue weighted by molar-refractivity contribution is 6.48. The normalized spacial score (nSPS) is 32.1. The SMILES string of the molecule is [CH2]CC1CCCCC1(Cl)Cl. The van der Waals surface area contributed by atoms with Gasteiger partial charge < -0.3 is 0 Å². The third kappa shape index (κ3) is 1.79. The average molecular weight is 180 g/mol. The molecule has 0 bridgehead atoms. The lowest BCUT2D eigenvalue weighted by atomic mass is 9.86. The Hall–Kier alpha value is 0.580. The molecule has 1 aliphatic rings. The van der Waals surface area contributed by atoms with Gasteiger partial charge in [0.2, 0.25) is 0 Å². The first-order valence-electron chi connectivity index (χ1n) is 3.84. The van der Waals surface area contributed by atoms with Crippen molar-refractivity contribution in [3.63, 3.8) is 0 Å². The Kier molecular flexibility index (Phi) is 2.88. The molecule has 0 saturated heterocycles. The van der Waals surface area contributed by atoms with Gasteiger partial charge >= 0.3 is 0 Å². The number of halogens is 2. The molecule has 2 heteroatoms. The van der Waals surface area contributed by atoms with Gasteiger partial charge in [-0.05, 0) is 25.2 Å². The van der Waals surface area contributed by atoms with Crippen molar-refractivity contribution in [3.8, 4) is 0 Å². The number of rotatable bonds is 1. The van der Waals surface area contributed by atoms with E-state index in [1.54, 1.807) is 0 Å². The van der Waals surface area contributed by atoms with Crippen molar-refractivity contribution < 1.29 is 0 Å². The van der Waals surface area contributed by atoms with Crippen molar-refractivity contribution in [1.29, 1.82) is 0 Å². The van der Waals surface area contributed by atoms with Gasteiger partial charge in [-0.2, -0.15) is 0 Å². The summed E-state index contributed by atoms with van der Waals surface area (Å²) in [6, 6.07) is 0. The first-order chi connectivity index (χ1) is 4.67. The van der Waals surface area contributed by atoms with Crippen LogP contribution in [0.5, 0.6) is 0 Å². The molecular formula is C8H13Cl2. The van der Waals surface area contributed by atoms with Crippen LogP contribution in [0, 0.1) is 12.8 Å². The van der Waals surface area contributed by atoms with Crippen LogP contribution < -0.4 is 0 Å². The van der Waals surface area contributed by atoms with Crippen LogP contribution in [0.2, 0.25) is 0 Å². The molecule has 0 aliphatic heterocycles. The van der Waals surface area contributed by atoms with Crippen molar-refractivity contribution in [2.45, 2.75) is 36.4 Å². The summed E-state index contributed by atoms with van der Waals surface area (Å²) in [4.78, 5) is 0. The summed E-state index contributed by atoms with van der Waals surface area (Å²) in [5, 5.41) is 0. The fourth-order valence-corrected chi connectivity index (χ4v) is 2.23. The second-order valence-electron chi connectivity index (χ2n) is 2.99. The van der Waals surface area contributed by atoms with E-state index < -0.39 is 4.33 Å². The summed E-state index contributed by atoms with van der Waals surface area (Å²) in [5.74, 6) is 0.421. The summed E-state index contributed by atoms with van der Waals surface area (Å²) in [7, 11) is 0. The second-order valence-corrected chi connectivity index (χ2v) is 4.53. The van der Waals surface area contributed by atoms with E-state index in [9.17, 15) is 0 Å². The molecule has 1 radical (unpaired) electrons. The predicted molar refractivity (Wildman–Crippen MR) is 46.4 cm³/mol. The smallest absolute Gasteiger partial charge is 0.101 e. The zero-order chi connectivity index (χ0) is 7.61. The minimum atomic E-state index is -0.472. The lowest BCUT2D eigenvalue weighted by molar-refractivity contribution is 0.338. The van der Waals surface area contributed by atoms with Crippen LogP contribution in [0.1, 0.15) is 32.1 Å². The quantitative estimate of drug-likeness (QED) is 0.541. The molecule has 0 aromatic rings. The van der Waals surface area contributed by atoms with E-state index in [1.165, 1.54) is 12.8 Å². The van der Waals surface area contributed by atoms with Crippen LogP contribution in [0.3, 0.4) is 0 Å². The van der Waals surface area contributed by atoms with Gasteiger partial charge in [-0.15, -0.1) is 23.2 Å². The molecule has 1 unspecified atom stereocenters. The Balaban J connectivity index is 2.51. The molecule has 10 heavy (non-hydrogen) atoms. The Morgan fingerprint density at radius 2 is 2.10 bits per heavy atom. The fourth-order valence-electron chi connectivity index (χ4n) is 1.52. The van der Waals surface area contributed by atoms with Crippen LogP contribution in [-0.4, -0.2) is 4.33 Å². The van der Waals surface area contributed by atoms with E-state index in [0.29, 0.717) is 5.92 Å². The van der Waals surface area contributed by atoms with Crippen molar-refractivity contribution in [1.82, 2.24) is 0 Å². The molecule has 0 spiro atoms. The first kappa shape index (κ1) is 8.67. The van der Waals surface area contributed by atoms with Gasteiger partial charge in [0.15, 0.2) is 0 Å². The highest BCUT2D eigenvalue weighted by Gasteiger charge is 2.35. The number of alkyl halides is 2. The monoisotopic (exact) mass is 179 g/mol. The van der Waals surface area contributed by atoms with Gasteiger partial charge in [-0.1, -0.05) is 19.8 Å². The maximum absolute atomic E-state index is 6.06. The van der Waals surface area contributed by atoms with Crippen LogP contribution >= 0.6 is 23.2 Å². The third-order valence-electron chi connectivity index (χ3n) is 2.26. The molecule has 0 N–H and O–H groups in total. The molecular weight excluding hydrogens is 167 g/mol. The molecule has 0 aromatic heterocycles. The van der Waals surface area contributed by atoms with E-state index in [-0.39, 0.29) is 0 Å². The minimum Gasteiger partial charge on any atom is -0.101 e. The molecule has 0 heterocycles. The predicted octanol–water partition coefficient (Wildman–Crippen LogP) is 3.57. The third-order valence-corrected chi connectivity index (χ3v) is 3.25. The van der Waals surface area contributed by atoms with E-state index in [1.807, 2.05) is 0 Å². The molecule has 0 aromatic carbocycles. The van der Waals surface area contributed by atoms with Gasteiger partial charge in [-0.3, -0.25) is 0 Å². The number of hydrogen-bond donors (Lipinski definition) is 0. The minimum absolute atomic E-state index is 0.421. The second kappa shape index (κ2) is 3.32. The van der Waals surface area contributed by atoms with Gasteiger partial charge in [0.1, 0.15) is 4.33 Å². The van der Waals surface area contributed by atoms with Gasteiger partial charge in [0.05, 0.1) is 0 Å². The van der Waals surface area contributed by atoms with Crippen molar-refractivity contribution in [2.75, 3.05) is 0 Å². The highest BCUT2D eigenvalue weighted by Crippen LogP contribution is 2.43. The van der Waals surface area contributed by atoms with E-state index >= 15 is 0 Å². The van der Waals surface area contributed by atoms with Gasteiger partial charge in [-0.25, -0.2) is 0 Å².